The monoisotopic (exact) mass is 482 g/mol. The molecule has 4 nitrogen and oxygen atoms in total. The zero-order valence-electron chi connectivity index (χ0n) is 23.6. The Kier molecular flexibility index (Phi) is 21.7. The van der Waals surface area contributed by atoms with E-state index in [9.17, 15) is 9.59 Å². The lowest BCUT2D eigenvalue weighted by Gasteiger charge is -2.27. The lowest BCUT2D eigenvalue weighted by molar-refractivity contribution is -0.174. The molecule has 202 valence electrons. The fourth-order valence-electron chi connectivity index (χ4n) is 4.54. The van der Waals surface area contributed by atoms with Gasteiger partial charge in [-0.3, -0.25) is 9.59 Å². The van der Waals surface area contributed by atoms with Crippen LogP contribution in [0, 0.1) is 11.3 Å². The molecule has 0 aromatic rings. The highest BCUT2D eigenvalue weighted by atomic mass is 16.6. The highest BCUT2D eigenvalue weighted by Crippen LogP contribution is 2.31. The lowest BCUT2D eigenvalue weighted by atomic mass is 9.82. The maximum atomic E-state index is 12.8. The standard InChI is InChI=1S/C30H58O4/c1-6-11-12-13-14-15-16-17-18-19-20-21-22-23-24-25-33-28(31)30(9-4,10-5)29(32)34-26-27(7-2)8-3/h27H,6-26H2,1-5H3. The van der Waals surface area contributed by atoms with Gasteiger partial charge in [0, 0.05) is 0 Å². The molecule has 0 atom stereocenters. The van der Waals surface area contributed by atoms with Crippen molar-refractivity contribution in [1.29, 1.82) is 0 Å². The van der Waals surface area contributed by atoms with E-state index in [4.69, 9.17) is 9.47 Å². The molecule has 0 bridgehead atoms. The third kappa shape index (κ3) is 14.4. The lowest BCUT2D eigenvalue weighted by Crippen LogP contribution is -2.41. The molecule has 0 spiro atoms. The van der Waals surface area contributed by atoms with Crippen LogP contribution in [0.4, 0.5) is 0 Å². The van der Waals surface area contributed by atoms with Crippen LogP contribution in [0.3, 0.4) is 0 Å². The minimum absolute atomic E-state index is 0.353. The molecule has 34 heavy (non-hydrogen) atoms. The van der Waals surface area contributed by atoms with Gasteiger partial charge in [-0.1, -0.05) is 137 Å². The highest BCUT2D eigenvalue weighted by Gasteiger charge is 2.46. The average molecular weight is 483 g/mol. The zero-order chi connectivity index (χ0) is 25.5. The van der Waals surface area contributed by atoms with E-state index in [1.54, 1.807) is 0 Å². The molecule has 0 saturated carbocycles. The van der Waals surface area contributed by atoms with Gasteiger partial charge in [0.15, 0.2) is 5.41 Å². The van der Waals surface area contributed by atoms with Crippen LogP contribution < -0.4 is 0 Å². The largest absolute Gasteiger partial charge is 0.465 e. The first-order valence-corrected chi connectivity index (χ1v) is 14.9. The second-order valence-electron chi connectivity index (χ2n) is 10.2. The van der Waals surface area contributed by atoms with Crippen LogP contribution in [-0.2, 0) is 19.1 Å². The van der Waals surface area contributed by atoms with Crippen molar-refractivity contribution in [1.82, 2.24) is 0 Å². The fourth-order valence-corrected chi connectivity index (χ4v) is 4.54. The Morgan fingerprint density at radius 1 is 0.559 bits per heavy atom. The van der Waals surface area contributed by atoms with Crippen molar-refractivity contribution in [2.24, 2.45) is 11.3 Å². The third-order valence-corrected chi connectivity index (χ3v) is 7.57. The van der Waals surface area contributed by atoms with Gasteiger partial charge in [-0.25, -0.2) is 0 Å². The van der Waals surface area contributed by atoms with Gasteiger partial charge >= 0.3 is 11.9 Å². The summed E-state index contributed by atoms with van der Waals surface area (Å²) >= 11 is 0. The van der Waals surface area contributed by atoms with Crippen LogP contribution >= 0.6 is 0 Å². The van der Waals surface area contributed by atoms with Gasteiger partial charge in [0.25, 0.3) is 0 Å². The van der Waals surface area contributed by atoms with E-state index in [0.29, 0.717) is 32.0 Å². The van der Waals surface area contributed by atoms with E-state index < -0.39 is 17.4 Å². The van der Waals surface area contributed by atoms with Gasteiger partial charge in [0.1, 0.15) is 0 Å². The maximum absolute atomic E-state index is 12.8. The predicted molar refractivity (Wildman–Crippen MR) is 144 cm³/mol. The fraction of sp³-hybridized carbons (Fsp3) is 0.933. The van der Waals surface area contributed by atoms with Gasteiger partial charge in [-0.15, -0.1) is 0 Å². The van der Waals surface area contributed by atoms with Crippen LogP contribution in [0.15, 0.2) is 0 Å². The Hall–Kier alpha value is -1.06. The van der Waals surface area contributed by atoms with E-state index in [1.165, 1.54) is 83.5 Å². The molecule has 0 aromatic heterocycles. The number of hydrogen-bond acceptors (Lipinski definition) is 4. The van der Waals surface area contributed by atoms with Gasteiger partial charge in [0.2, 0.25) is 0 Å². The SMILES string of the molecule is CCCCCCCCCCCCCCCCCOC(=O)C(CC)(CC)C(=O)OCC(CC)CC. The molecule has 0 radical (unpaired) electrons. The quantitative estimate of drug-likeness (QED) is 0.0781. The van der Waals surface area contributed by atoms with Gasteiger partial charge < -0.3 is 9.47 Å². The van der Waals surface area contributed by atoms with Crippen LogP contribution in [0.25, 0.3) is 0 Å². The second kappa shape index (κ2) is 22.4. The number of ether oxygens (including phenoxy) is 2. The summed E-state index contributed by atoms with van der Waals surface area (Å²) in [5.74, 6) is -0.463. The first kappa shape index (κ1) is 32.9. The van der Waals surface area contributed by atoms with E-state index in [1.807, 2.05) is 13.8 Å². The molecule has 0 aliphatic rings. The Bertz CT molecular complexity index is 480. The summed E-state index contributed by atoms with van der Waals surface area (Å²) in [6.45, 7) is 11.0. The Morgan fingerprint density at radius 2 is 0.941 bits per heavy atom. The van der Waals surface area contributed by atoms with Gasteiger partial charge in [-0.05, 0) is 25.2 Å². The summed E-state index contributed by atoms with van der Waals surface area (Å²) in [4.78, 5) is 25.5. The number of esters is 2. The summed E-state index contributed by atoms with van der Waals surface area (Å²) in [5, 5.41) is 0. The van der Waals surface area contributed by atoms with Crippen LogP contribution in [0.2, 0.25) is 0 Å². The predicted octanol–water partition coefficient (Wildman–Crippen LogP) is 9.19. The molecule has 4 heteroatoms. The highest BCUT2D eigenvalue weighted by molar-refractivity contribution is 6.00. The maximum Gasteiger partial charge on any atom is 0.323 e. The summed E-state index contributed by atoms with van der Waals surface area (Å²) in [6, 6.07) is 0. The van der Waals surface area contributed by atoms with Crippen molar-refractivity contribution < 1.29 is 19.1 Å². The first-order chi connectivity index (χ1) is 16.5. The second-order valence-corrected chi connectivity index (χ2v) is 10.2. The van der Waals surface area contributed by atoms with Crippen molar-refractivity contribution in [3.8, 4) is 0 Å². The van der Waals surface area contributed by atoms with Gasteiger partial charge in [-0.2, -0.15) is 0 Å². The molecular formula is C30H58O4. The van der Waals surface area contributed by atoms with E-state index in [2.05, 4.69) is 20.8 Å². The van der Waals surface area contributed by atoms with Crippen molar-refractivity contribution in [2.45, 2.75) is 157 Å². The van der Waals surface area contributed by atoms with Crippen molar-refractivity contribution in [3.05, 3.63) is 0 Å². The zero-order valence-corrected chi connectivity index (χ0v) is 23.6. The summed E-state index contributed by atoms with van der Waals surface area (Å²) in [6.07, 6.45) is 22.4. The summed E-state index contributed by atoms with van der Waals surface area (Å²) < 4.78 is 11.1. The third-order valence-electron chi connectivity index (χ3n) is 7.57. The van der Waals surface area contributed by atoms with Gasteiger partial charge in [0.05, 0.1) is 13.2 Å². The van der Waals surface area contributed by atoms with Crippen molar-refractivity contribution in [2.75, 3.05) is 13.2 Å². The minimum atomic E-state index is -1.15. The molecule has 0 N–H and O–H groups in total. The molecular weight excluding hydrogens is 424 g/mol. The molecule has 0 aromatic carbocycles. The van der Waals surface area contributed by atoms with Crippen LogP contribution in [-0.4, -0.2) is 25.2 Å². The normalized spacial score (nSPS) is 11.7. The van der Waals surface area contributed by atoms with E-state index >= 15 is 0 Å². The Balaban J connectivity index is 3.87. The number of rotatable bonds is 24. The Morgan fingerprint density at radius 3 is 1.32 bits per heavy atom. The summed E-state index contributed by atoms with van der Waals surface area (Å²) in [7, 11) is 0. The average Bonchev–Trinajstić information content (AvgIpc) is 2.85. The smallest absolute Gasteiger partial charge is 0.323 e. The number of carbonyl (C=O) groups is 2. The molecule has 0 amide bonds. The van der Waals surface area contributed by atoms with Crippen LogP contribution in [0.5, 0.6) is 0 Å². The number of hydrogen-bond donors (Lipinski definition) is 0. The topological polar surface area (TPSA) is 52.6 Å². The molecule has 0 heterocycles. The Labute approximate surface area is 212 Å². The van der Waals surface area contributed by atoms with Crippen LogP contribution in [0.1, 0.15) is 157 Å². The molecule has 0 saturated heterocycles. The molecule has 0 rings (SSSR count). The van der Waals surface area contributed by atoms with Crippen molar-refractivity contribution >= 4 is 11.9 Å². The molecule has 0 aliphatic heterocycles. The molecule has 0 fully saturated rings. The molecule has 0 aliphatic carbocycles. The summed E-state index contributed by atoms with van der Waals surface area (Å²) in [5.41, 5.74) is -1.15. The van der Waals surface area contributed by atoms with E-state index in [0.717, 1.165) is 25.7 Å². The number of carbonyl (C=O) groups excluding carboxylic acids is 2. The number of unbranched alkanes of at least 4 members (excludes halogenated alkanes) is 14. The van der Waals surface area contributed by atoms with E-state index in [-0.39, 0.29) is 0 Å². The van der Waals surface area contributed by atoms with Crippen molar-refractivity contribution in [3.63, 3.8) is 0 Å². The minimum Gasteiger partial charge on any atom is -0.465 e. The first-order valence-electron chi connectivity index (χ1n) is 14.9. The molecule has 0 unspecified atom stereocenters.